The summed E-state index contributed by atoms with van der Waals surface area (Å²) >= 11 is 0. The minimum absolute atomic E-state index is 0.228. The summed E-state index contributed by atoms with van der Waals surface area (Å²) in [6.07, 6.45) is -1.79. The SMILES string of the molecule is O=C(Nc1ccc(-c2cc(C(=O)Nc3ccccn3)c3ncccc3n2)cc1)Nc1ccc(F)c(C(F)(F)F)c1. The number of pyridine rings is 3. The summed E-state index contributed by atoms with van der Waals surface area (Å²) in [6.45, 7) is 0. The van der Waals surface area contributed by atoms with Crippen LogP contribution in [0.1, 0.15) is 15.9 Å². The van der Waals surface area contributed by atoms with E-state index in [2.05, 4.69) is 30.9 Å². The number of carbonyl (C=O) groups is 2. The van der Waals surface area contributed by atoms with Crippen LogP contribution in [0.15, 0.2) is 91.3 Å². The Balaban J connectivity index is 1.35. The first-order valence-electron chi connectivity index (χ1n) is 11.7. The Morgan fingerprint density at radius 2 is 1.48 bits per heavy atom. The lowest BCUT2D eigenvalue weighted by Gasteiger charge is -2.12. The quantitative estimate of drug-likeness (QED) is 0.212. The van der Waals surface area contributed by atoms with Crippen LogP contribution in [0.3, 0.4) is 0 Å². The van der Waals surface area contributed by atoms with E-state index >= 15 is 0 Å². The van der Waals surface area contributed by atoms with Gasteiger partial charge >= 0.3 is 12.2 Å². The third-order valence-electron chi connectivity index (χ3n) is 5.68. The molecule has 0 spiro atoms. The smallest absolute Gasteiger partial charge is 0.308 e. The van der Waals surface area contributed by atoms with Gasteiger partial charge in [-0.1, -0.05) is 18.2 Å². The molecule has 3 amide bonds. The molecule has 12 heteroatoms. The highest BCUT2D eigenvalue weighted by Gasteiger charge is 2.34. The average molecular weight is 546 g/mol. The lowest BCUT2D eigenvalue weighted by Crippen LogP contribution is -2.20. The molecule has 3 heterocycles. The molecule has 0 fully saturated rings. The van der Waals surface area contributed by atoms with Gasteiger partial charge in [0.2, 0.25) is 0 Å². The molecule has 0 unspecified atom stereocenters. The van der Waals surface area contributed by atoms with Crippen molar-refractivity contribution in [3.05, 3.63) is 108 Å². The number of amides is 3. The van der Waals surface area contributed by atoms with Crippen LogP contribution in [0, 0.1) is 5.82 Å². The van der Waals surface area contributed by atoms with Crippen LogP contribution in [0.4, 0.5) is 39.5 Å². The van der Waals surface area contributed by atoms with Crippen molar-refractivity contribution in [3.8, 4) is 11.3 Å². The number of nitrogens with one attached hydrogen (secondary N) is 3. The Kier molecular flexibility index (Phi) is 7.06. The van der Waals surface area contributed by atoms with Gasteiger partial charge in [0.1, 0.15) is 17.2 Å². The number of rotatable bonds is 5. The number of hydrogen-bond donors (Lipinski definition) is 3. The van der Waals surface area contributed by atoms with Crippen LogP contribution in [-0.2, 0) is 6.18 Å². The molecule has 0 saturated heterocycles. The number of hydrogen-bond acceptors (Lipinski definition) is 5. The van der Waals surface area contributed by atoms with E-state index < -0.39 is 29.5 Å². The highest BCUT2D eigenvalue weighted by Crippen LogP contribution is 2.33. The van der Waals surface area contributed by atoms with E-state index in [1.165, 1.54) is 0 Å². The van der Waals surface area contributed by atoms with E-state index in [9.17, 15) is 27.2 Å². The Bertz CT molecular complexity index is 1710. The first kappa shape index (κ1) is 26.2. The summed E-state index contributed by atoms with van der Waals surface area (Å²) in [5.74, 6) is -1.49. The van der Waals surface area contributed by atoms with Gasteiger partial charge in [0.15, 0.2) is 0 Å². The summed E-state index contributed by atoms with van der Waals surface area (Å²) < 4.78 is 52.3. The zero-order valence-corrected chi connectivity index (χ0v) is 20.3. The van der Waals surface area contributed by atoms with E-state index in [0.29, 0.717) is 45.9 Å². The van der Waals surface area contributed by atoms with Crippen molar-refractivity contribution in [2.24, 2.45) is 0 Å². The maximum atomic E-state index is 13.5. The second kappa shape index (κ2) is 10.8. The summed E-state index contributed by atoms with van der Waals surface area (Å²) in [5, 5.41) is 7.49. The monoisotopic (exact) mass is 546 g/mol. The number of carbonyl (C=O) groups excluding carboxylic acids is 2. The molecule has 0 aliphatic heterocycles. The molecule has 0 saturated carbocycles. The summed E-state index contributed by atoms with van der Waals surface area (Å²) in [7, 11) is 0. The topological polar surface area (TPSA) is 109 Å². The van der Waals surface area contributed by atoms with Crippen molar-refractivity contribution in [2.75, 3.05) is 16.0 Å². The molecular formula is C28H18F4N6O2. The molecule has 5 rings (SSSR count). The van der Waals surface area contributed by atoms with Crippen LogP contribution < -0.4 is 16.0 Å². The average Bonchev–Trinajstić information content (AvgIpc) is 2.94. The van der Waals surface area contributed by atoms with Gasteiger partial charge in [0, 0.05) is 29.3 Å². The predicted octanol–water partition coefficient (Wildman–Crippen LogP) is 6.75. The first-order chi connectivity index (χ1) is 19.2. The molecule has 0 aliphatic rings. The van der Waals surface area contributed by atoms with Gasteiger partial charge < -0.3 is 16.0 Å². The Morgan fingerprint density at radius 3 is 2.20 bits per heavy atom. The van der Waals surface area contributed by atoms with E-state index in [0.717, 1.165) is 6.07 Å². The molecule has 0 atom stereocenters. The molecule has 0 radical (unpaired) electrons. The lowest BCUT2D eigenvalue weighted by molar-refractivity contribution is -0.139. The number of urea groups is 1. The van der Waals surface area contributed by atoms with Crippen molar-refractivity contribution < 1.29 is 27.2 Å². The summed E-state index contributed by atoms with van der Waals surface area (Å²) in [6, 6.07) is 17.9. The number of nitrogens with zero attached hydrogens (tertiary/aromatic N) is 3. The third kappa shape index (κ3) is 5.85. The number of benzene rings is 2. The fourth-order valence-electron chi connectivity index (χ4n) is 3.84. The van der Waals surface area contributed by atoms with Crippen LogP contribution in [0.25, 0.3) is 22.3 Å². The number of alkyl halides is 3. The molecule has 40 heavy (non-hydrogen) atoms. The number of aromatic nitrogens is 3. The maximum absolute atomic E-state index is 13.5. The van der Waals surface area contributed by atoms with Gasteiger partial charge in [-0.25, -0.2) is 19.2 Å². The van der Waals surface area contributed by atoms with Crippen molar-refractivity contribution in [2.45, 2.75) is 6.18 Å². The summed E-state index contributed by atoms with van der Waals surface area (Å²) in [4.78, 5) is 38.4. The van der Waals surface area contributed by atoms with Gasteiger partial charge in [0.25, 0.3) is 5.91 Å². The lowest BCUT2D eigenvalue weighted by atomic mass is 10.1. The van der Waals surface area contributed by atoms with Crippen LogP contribution in [0.2, 0.25) is 0 Å². The van der Waals surface area contributed by atoms with Gasteiger partial charge in [-0.15, -0.1) is 0 Å². The second-order valence-corrected chi connectivity index (χ2v) is 8.44. The van der Waals surface area contributed by atoms with E-state index in [1.54, 1.807) is 73.1 Å². The fraction of sp³-hybridized carbons (Fsp3) is 0.0357. The summed E-state index contributed by atoms with van der Waals surface area (Å²) in [5.41, 5.74) is 0.884. The van der Waals surface area contributed by atoms with E-state index in [4.69, 9.17) is 0 Å². The maximum Gasteiger partial charge on any atom is 0.419 e. The Hall–Kier alpha value is -5.39. The van der Waals surface area contributed by atoms with Crippen molar-refractivity contribution in [3.63, 3.8) is 0 Å². The van der Waals surface area contributed by atoms with Crippen molar-refractivity contribution >= 4 is 40.2 Å². The highest BCUT2D eigenvalue weighted by molar-refractivity contribution is 6.11. The van der Waals surface area contributed by atoms with Gasteiger partial charge in [0.05, 0.1) is 22.3 Å². The van der Waals surface area contributed by atoms with E-state index in [-0.39, 0.29) is 11.3 Å². The van der Waals surface area contributed by atoms with Gasteiger partial charge in [-0.3, -0.25) is 9.78 Å². The largest absolute Gasteiger partial charge is 0.419 e. The molecule has 0 bridgehead atoms. The Morgan fingerprint density at radius 1 is 0.750 bits per heavy atom. The van der Waals surface area contributed by atoms with Gasteiger partial charge in [-0.2, -0.15) is 13.2 Å². The van der Waals surface area contributed by atoms with Crippen LogP contribution in [-0.4, -0.2) is 26.9 Å². The third-order valence-corrected chi connectivity index (χ3v) is 5.68. The van der Waals surface area contributed by atoms with Crippen molar-refractivity contribution in [1.82, 2.24) is 15.0 Å². The number of fused-ring (bicyclic) bond motifs is 1. The molecular weight excluding hydrogens is 528 g/mol. The zero-order chi connectivity index (χ0) is 28.3. The van der Waals surface area contributed by atoms with Crippen LogP contribution in [0.5, 0.6) is 0 Å². The molecule has 8 nitrogen and oxygen atoms in total. The fourth-order valence-corrected chi connectivity index (χ4v) is 3.84. The van der Waals surface area contributed by atoms with Crippen LogP contribution >= 0.6 is 0 Å². The molecule has 200 valence electrons. The normalized spacial score (nSPS) is 11.2. The minimum atomic E-state index is -4.90. The highest BCUT2D eigenvalue weighted by atomic mass is 19.4. The molecule has 5 aromatic rings. The zero-order valence-electron chi connectivity index (χ0n) is 20.3. The molecule has 0 aliphatic carbocycles. The predicted molar refractivity (Wildman–Crippen MR) is 141 cm³/mol. The molecule has 2 aromatic carbocycles. The molecule has 3 aromatic heterocycles. The standard InChI is InChI=1S/C28H18F4N6O2/c29-21-11-10-18(14-20(21)28(30,31)32)36-27(40)35-17-8-6-16(7-9-17)23-15-19(25-22(37-23)4-3-13-34-25)26(39)38-24-5-1-2-12-33-24/h1-15H,(H,33,38,39)(H2,35,36,40). The van der Waals surface area contributed by atoms with Gasteiger partial charge in [-0.05, 0) is 60.7 Å². The second-order valence-electron chi connectivity index (χ2n) is 8.44. The van der Waals surface area contributed by atoms with Crippen molar-refractivity contribution in [1.29, 1.82) is 0 Å². The first-order valence-corrected chi connectivity index (χ1v) is 11.7. The number of anilines is 3. The van der Waals surface area contributed by atoms with E-state index in [1.807, 2.05) is 0 Å². The minimum Gasteiger partial charge on any atom is -0.308 e. The number of halogens is 4. The Labute approximate surface area is 224 Å². The molecule has 3 N–H and O–H groups in total.